The summed E-state index contributed by atoms with van der Waals surface area (Å²) in [6.45, 7) is 0.498. The first kappa shape index (κ1) is 16.5. The van der Waals surface area contributed by atoms with Gasteiger partial charge in [-0.25, -0.2) is 0 Å². The minimum atomic E-state index is 0.341. The molecule has 0 unspecified atom stereocenters. The molecule has 0 bridgehead atoms. The Labute approximate surface area is 139 Å². The summed E-state index contributed by atoms with van der Waals surface area (Å²) in [4.78, 5) is 4.27. The lowest BCUT2D eigenvalue weighted by atomic mass is 10.1. The summed E-state index contributed by atoms with van der Waals surface area (Å²) in [7, 11) is 1.62. The average molecular weight is 338 g/mol. The lowest BCUT2D eigenvalue weighted by molar-refractivity contribution is 0.415. The molecule has 0 saturated heterocycles. The van der Waals surface area contributed by atoms with Crippen molar-refractivity contribution >= 4 is 34.8 Å². The second-order valence-corrected chi connectivity index (χ2v) is 5.39. The van der Waals surface area contributed by atoms with E-state index < -0.39 is 0 Å². The highest BCUT2D eigenvalue weighted by Crippen LogP contribution is 2.24. The van der Waals surface area contributed by atoms with E-state index in [1.165, 1.54) is 0 Å². The number of anilines is 1. The van der Waals surface area contributed by atoms with E-state index in [-0.39, 0.29) is 0 Å². The Morgan fingerprint density at radius 3 is 2.36 bits per heavy atom. The number of guanidine groups is 1. The van der Waals surface area contributed by atoms with Crippen LogP contribution in [0, 0.1) is 0 Å². The van der Waals surface area contributed by atoms with Crippen LogP contribution in [0.1, 0.15) is 5.56 Å². The van der Waals surface area contributed by atoms with E-state index in [2.05, 4.69) is 10.3 Å². The fourth-order valence-corrected chi connectivity index (χ4v) is 2.51. The molecule has 0 aliphatic heterocycles. The lowest BCUT2D eigenvalue weighted by Crippen LogP contribution is -2.23. The minimum absolute atomic E-state index is 0.341. The van der Waals surface area contributed by atoms with E-state index in [0.717, 1.165) is 17.0 Å². The van der Waals surface area contributed by atoms with E-state index in [1.807, 2.05) is 42.5 Å². The number of nitrogens with one attached hydrogen (secondary N) is 1. The third-order valence-corrected chi connectivity index (χ3v) is 3.78. The van der Waals surface area contributed by atoms with Crippen LogP contribution in [0.4, 0.5) is 5.69 Å². The van der Waals surface area contributed by atoms with Gasteiger partial charge in [-0.05, 0) is 48.4 Å². The fourth-order valence-electron chi connectivity index (χ4n) is 1.92. The van der Waals surface area contributed by atoms with Crippen molar-refractivity contribution in [3.05, 3.63) is 58.1 Å². The Morgan fingerprint density at radius 1 is 1.14 bits per heavy atom. The largest absolute Gasteiger partial charge is 0.497 e. The van der Waals surface area contributed by atoms with Gasteiger partial charge in [0, 0.05) is 22.3 Å². The number of nitrogens with zero attached hydrogens (tertiary/aromatic N) is 1. The van der Waals surface area contributed by atoms with Gasteiger partial charge in [-0.3, -0.25) is 4.99 Å². The molecule has 0 atom stereocenters. The summed E-state index contributed by atoms with van der Waals surface area (Å²) in [6.07, 6.45) is 0.628. The van der Waals surface area contributed by atoms with Crippen LogP contribution in [0.15, 0.2) is 47.5 Å². The van der Waals surface area contributed by atoms with Crippen LogP contribution in [-0.4, -0.2) is 19.6 Å². The second kappa shape index (κ2) is 7.92. The Morgan fingerprint density at radius 2 is 1.77 bits per heavy atom. The number of rotatable bonds is 5. The molecule has 0 heterocycles. The SMILES string of the molecule is COc1ccc(NC(N)=NCCc2c(Cl)cccc2Cl)cc1. The summed E-state index contributed by atoms with van der Waals surface area (Å²) in [6, 6.07) is 12.9. The molecule has 4 nitrogen and oxygen atoms in total. The monoisotopic (exact) mass is 337 g/mol. The van der Waals surface area contributed by atoms with E-state index in [9.17, 15) is 0 Å². The number of hydrogen-bond donors (Lipinski definition) is 2. The molecule has 6 heteroatoms. The molecule has 22 heavy (non-hydrogen) atoms. The van der Waals surface area contributed by atoms with Crippen LogP contribution in [0.3, 0.4) is 0 Å². The molecule has 0 radical (unpaired) electrons. The molecule has 0 aliphatic rings. The zero-order chi connectivity index (χ0) is 15.9. The molecule has 2 aromatic carbocycles. The van der Waals surface area contributed by atoms with Crippen molar-refractivity contribution in [2.45, 2.75) is 6.42 Å². The van der Waals surface area contributed by atoms with Gasteiger partial charge in [-0.1, -0.05) is 29.3 Å². The summed E-state index contributed by atoms with van der Waals surface area (Å²) in [5, 5.41) is 4.30. The maximum absolute atomic E-state index is 6.11. The van der Waals surface area contributed by atoms with Gasteiger partial charge in [-0.2, -0.15) is 0 Å². The lowest BCUT2D eigenvalue weighted by Gasteiger charge is -2.08. The number of ether oxygens (including phenoxy) is 1. The van der Waals surface area contributed by atoms with Crippen LogP contribution < -0.4 is 15.8 Å². The maximum Gasteiger partial charge on any atom is 0.193 e. The number of nitrogens with two attached hydrogens (primary N) is 1. The maximum atomic E-state index is 6.11. The van der Waals surface area contributed by atoms with Crippen molar-refractivity contribution < 1.29 is 4.74 Å². The van der Waals surface area contributed by atoms with Gasteiger partial charge in [0.05, 0.1) is 7.11 Å². The van der Waals surface area contributed by atoms with Gasteiger partial charge in [0.2, 0.25) is 0 Å². The van der Waals surface area contributed by atoms with Crippen LogP contribution >= 0.6 is 23.2 Å². The zero-order valence-corrected chi connectivity index (χ0v) is 13.7. The Bertz CT molecular complexity index is 637. The van der Waals surface area contributed by atoms with Crippen molar-refractivity contribution in [2.24, 2.45) is 10.7 Å². The first-order chi connectivity index (χ1) is 10.6. The van der Waals surface area contributed by atoms with Crippen molar-refractivity contribution in [3.8, 4) is 5.75 Å². The molecule has 0 aromatic heterocycles. The molecule has 0 spiro atoms. The van der Waals surface area contributed by atoms with Crippen LogP contribution in [0.25, 0.3) is 0 Å². The fraction of sp³-hybridized carbons (Fsp3) is 0.188. The van der Waals surface area contributed by atoms with Gasteiger partial charge >= 0.3 is 0 Å². The van der Waals surface area contributed by atoms with Crippen molar-refractivity contribution in [1.29, 1.82) is 0 Å². The summed E-state index contributed by atoms with van der Waals surface area (Å²) >= 11 is 12.2. The van der Waals surface area contributed by atoms with E-state index >= 15 is 0 Å². The number of methoxy groups -OCH3 is 1. The van der Waals surface area contributed by atoms with Crippen LogP contribution in [0.2, 0.25) is 10.0 Å². The van der Waals surface area contributed by atoms with Crippen LogP contribution in [-0.2, 0) is 6.42 Å². The van der Waals surface area contributed by atoms with E-state index in [1.54, 1.807) is 7.11 Å². The van der Waals surface area contributed by atoms with Gasteiger partial charge < -0.3 is 15.8 Å². The van der Waals surface area contributed by atoms with E-state index in [4.69, 9.17) is 33.7 Å². The number of aliphatic imine (C=N–C) groups is 1. The predicted molar refractivity (Wildman–Crippen MR) is 93.3 cm³/mol. The third kappa shape index (κ3) is 4.55. The highest BCUT2D eigenvalue weighted by molar-refractivity contribution is 6.35. The molecule has 0 aliphatic carbocycles. The van der Waals surface area contributed by atoms with Crippen molar-refractivity contribution in [3.63, 3.8) is 0 Å². The molecule has 2 aromatic rings. The van der Waals surface area contributed by atoms with Crippen molar-refractivity contribution in [1.82, 2.24) is 0 Å². The number of halogens is 2. The Kier molecular flexibility index (Phi) is 5.92. The van der Waals surface area contributed by atoms with E-state index in [0.29, 0.717) is 29.0 Å². The highest BCUT2D eigenvalue weighted by atomic mass is 35.5. The molecule has 116 valence electrons. The Balaban J connectivity index is 1.92. The van der Waals surface area contributed by atoms with Gasteiger partial charge in [0.25, 0.3) is 0 Å². The zero-order valence-electron chi connectivity index (χ0n) is 12.1. The molecule has 3 N–H and O–H groups in total. The van der Waals surface area contributed by atoms with Gasteiger partial charge in [0.1, 0.15) is 5.75 Å². The normalized spacial score (nSPS) is 11.3. The standard InChI is InChI=1S/C16H17Cl2N3O/c1-22-12-7-5-11(6-8-12)21-16(19)20-10-9-13-14(17)3-2-4-15(13)18/h2-8H,9-10H2,1H3,(H3,19,20,21). The van der Waals surface area contributed by atoms with Crippen molar-refractivity contribution in [2.75, 3.05) is 19.0 Å². The Hall–Kier alpha value is -1.91. The highest BCUT2D eigenvalue weighted by Gasteiger charge is 2.04. The second-order valence-electron chi connectivity index (χ2n) is 4.57. The average Bonchev–Trinajstić information content (AvgIpc) is 2.51. The molecule has 0 saturated carbocycles. The molecule has 0 fully saturated rings. The quantitative estimate of drug-likeness (QED) is 0.641. The summed E-state index contributed by atoms with van der Waals surface area (Å²) in [5.41, 5.74) is 7.58. The third-order valence-electron chi connectivity index (χ3n) is 3.07. The van der Waals surface area contributed by atoms with Crippen LogP contribution in [0.5, 0.6) is 5.75 Å². The summed E-state index contributed by atoms with van der Waals surface area (Å²) < 4.78 is 5.10. The predicted octanol–water partition coefficient (Wildman–Crippen LogP) is 3.97. The summed E-state index contributed by atoms with van der Waals surface area (Å²) in [5.74, 6) is 1.13. The number of benzene rings is 2. The molecule has 0 amide bonds. The number of hydrogen-bond acceptors (Lipinski definition) is 2. The molecule has 2 rings (SSSR count). The van der Waals surface area contributed by atoms with Gasteiger partial charge in [0.15, 0.2) is 5.96 Å². The van der Waals surface area contributed by atoms with Gasteiger partial charge in [-0.15, -0.1) is 0 Å². The molecular formula is C16H17Cl2N3O. The molecular weight excluding hydrogens is 321 g/mol. The minimum Gasteiger partial charge on any atom is -0.497 e. The smallest absolute Gasteiger partial charge is 0.193 e. The topological polar surface area (TPSA) is 59.6 Å². The first-order valence-electron chi connectivity index (χ1n) is 6.74. The first-order valence-corrected chi connectivity index (χ1v) is 7.49.